The number of fused-ring (bicyclic) bond motifs is 1. The first-order valence-corrected chi connectivity index (χ1v) is 9.28. The van der Waals surface area contributed by atoms with E-state index in [4.69, 9.17) is 0 Å². The maximum Gasteiger partial charge on any atom is 0.191 e. The SMILES string of the molecule is CN=C(NCCCN(C(C)C)C(C)C)NCc1cc2ccccc2[nH]1. The van der Waals surface area contributed by atoms with Crippen LogP contribution >= 0.6 is 0 Å². The number of aliphatic imine (C=N–C) groups is 1. The largest absolute Gasteiger partial charge is 0.357 e. The zero-order valence-corrected chi connectivity index (χ0v) is 16.3. The predicted molar refractivity (Wildman–Crippen MR) is 108 cm³/mol. The summed E-state index contributed by atoms with van der Waals surface area (Å²) in [6, 6.07) is 11.7. The summed E-state index contributed by atoms with van der Waals surface area (Å²) in [5, 5.41) is 8.02. The topological polar surface area (TPSA) is 55.5 Å². The number of guanidine groups is 1. The molecule has 5 heteroatoms. The van der Waals surface area contributed by atoms with Crippen LogP contribution in [0.3, 0.4) is 0 Å². The average molecular weight is 344 g/mol. The number of aromatic amines is 1. The Hall–Kier alpha value is -2.01. The summed E-state index contributed by atoms with van der Waals surface area (Å²) in [6.07, 6.45) is 1.10. The minimum atomic E-state index is 0.583. The number of hydrogen-bond acceptors (Lipinski definition) is 2. The van der Waals surface area contributed by atoms with Gasteiger partial charge >= 0.3 is 0 Å². The number of nitrogens with zero attached hydrogens (tertiary/aromatic N) is 2. The monoisotopic (exact) mass is 343 g/mol. The second-order valence-corrected chi connectivity index (χ2v) is 7.01. The van der Waals surface area contributed by atoms with Gasteiger partial charge in [0, 0.05) is 43.4 Å². The third-order valence-corrected chi connectivity index (χ3v) is 4.47. The first kappa shape index (κ1) is 19.3. The van der Waals surface area contributed by atoms with Crippen LogP contribution in [0.1, 0.15) is 39.8 Å². The van der Waals surface area contributed by atoms with Gasteiger partial charge in [-0.15, -0.1) is 0 Å². The number of benzene rings is 1. The maximum atomic E-state index is 4.31. The Morgan fingerprint density at radius 3 is 2.48 bits per heavy atom. The molecular formula is C20H33N5. The number of rotatable bonds is 8. The molecule has 0 bridgehead atoms. The van der Waals surface area contributed by atoms with Crippen molar-refractivity contribution in [2.24, 2.45) is 4.99 Å². The summed E-state index contributed by atoms with van der Waals surface area (Å²) in [7, 11) is 1.81. The molecule has 138 valence electrons. The van der Waals surface area contributed by atoms with Crippen molar-refractivity contribution in [2.45, 2.75) is 52.7 Å². The molecule has 0 aliphatic rings. The third kappa shape index (κ3) is 5.78. The lowest BCUT2D eigenvalue weighted by atomic mass is 10.2. The van der Waals surface area contributed by atoms with Crippen molar-refractivity contribution in [3.8, 4) is 0 Å². The van der Waals surface area contributed by atoms with Crippen molar-refractivity contribution in [1.82, 2.24) is 20.5 Å². The van der Waals surface area contributed by atoms with E-state index < -0.39 is 0 Å². The number of aromatic nitrogens is 1. The lowest BCUT2D eigenvalue weighted by Crippen LogP contribution is -2.41. The van der Waals surface area contributed by atoms with Crippen molar-refractivity contribution in [3.05, 3.63) is 36.0 Å². The molecule has 0 fully saturated rings. The van der Waals surface area contributed by atoms with Crippen LogP contribution in [0.4, 0.5) is 0 Å². The molecule has 0 spiro atoms. The fourth-order valence-electron chi connectivity index (χ4n) is 3.21. The molecule has 1 aromatic carbocycles. The van der Waals surface area contributed by atoms with Gasteiger partial charge in [0.05, 0.1) is 6.54 Å². The van der Waals surface area contributed by atoms with Gasteiger partial charge in [-0.2, -0.15) is 0 Å². The highest BCUT2D eigenvalue weighted by Gasteiger charge is 2.12. The van der Waals surface area contributed by atoms with E-state index in [0.717, 1.165) is 37.7 Å². The van der Waals surface area contributed by atoms with Gasteiger partial charge in [-0.3, -0.25) is 9.89 Å². The highest BCUT2D eigenvalue weighted by atomic mass is 15.2. The zero-order valence-electron chi connectivity index (χ0n) is 16.3. The smallest absolute Gasteiger partial charge is 0.191 e. The van der Waals surface area contributed by atoms with Crippen LogP contribution in [-0.2, 0) is 6.54 Å². The summed E-state index contributed by atoms with van der Waals surface area (Å²) in [5.74, 6) is 0.847. The molecule has 0 atom stereocenters. The second kappa shape index (κ2) is 9.47. The van der Waals surface area contributed by atoms with Gasteiger partial charge in [0.1, 0.15) is 0 Å². The molecule has 0 aliphatic heterocycles. The highest BCUT2D eigenvalue weighted by Crippen LogP contribution is 2.14. The number of para-hydroxylation sites is 1. The molecule has 3 N–H and O–H groups in total. The molecule has 1 heterocycles. The van der Waals surface area contributed by atoms with Crippen LogP contribution in [0.15, 0.2) is 35.3 Å². The fourth-order valence-corrected chi connectivity index (χ4v) is 3.21. The molecular weight excluding hydrogens is 310 g/mol. The molecule has 1 aromatic heterocycles. The van der Waals surface area contributed by atoms with Gasteiger partial charge in [-0.25, -0.2) is 0 Å². The first-order valence-electron chi connectivity index (χ1n) is 9.28. The van der Waals surface area contributed by atoms with E-state index in [9.17, 15) is 0 Å². The lowest BCUT2D eigenvalue weighted by molar-refractivity contribution is 0.173. The molecule has 5 nitrogen and oxygen atoms in total. The van der Waals surface area contributed by atoms with Gasteiger partial charge in [-0.05, 0) is 51.6 Å². The minimum Gasteiger partial charge on any atom is -0.357 e. The van der Waals surface area contributed by atoms with E-state index in [0.29, 0.717) is 12.1 Å². The number of hydrogen-bond donors (Lipinski definition) is 3. The Morgan fingerprint density at radius 1 is 1.12 bits per heavy atom. The van der Waals surface area contributed by atoms with E-state index in [-0.39, 0.29) is 0 Å². The molecule has 0 saturated heterocycles. The van der Waals surface area contributed by atoms with E-state index in [2.05, 4.69) is 77.5 Å². The summed E-state index contributed by atoms with van der Waals surface area (Å²) >= 11 is 0. The Balaban J connectivity index is 1.75. The number of nitrogens with one attached hydrogen (secondary N) is 3. The van der Waals surface area contributed by atoms with E-state index in [1.165, 1.54) is 10.9 Å². The molecule has 0 amide bonds. The lowest BCUT2D eigenvalue weighted by Gasteiger charge is -2.30. The molecule has 0 aliphatic carbocycles. The summed E-state index contributed by atoms with van der Waals surface area (Å²) in [4.78, 5) is 10.3. The third-order valence-electron chi connectivity index (χ3n) is 4.47. The Bertz CT molecular complexity index is 631. The van der Waals surface area contributed by atoms with Crippen LogP contribution in [0.5, 0.6) is 0 Å². The molecule has 0 saturated carbocycles. The van der Waals surface area contributed by atoms with Gasteiger partial charge < -0.3 is 15.6 Å². The van der Waals surface area contributed by atoms with Gasteiger partial charge in [0.2, 0.25) is 0 Å². The van der Waals surface area contributed by atoms with E-state index >= 15 is 0 Å². The minimum absolute atomic E-state index is 0.583. The van der Waals surface area contributed by atoms with Gasteiger partial charge in [-0.1, -0.05) is 18.2 Å². The summed E-state index contributed by atoms with van der Waals surface area (Å²) < 4.78 is 0. The summed E-state index contributed by atoms with van der Waals surface area (Å²) in [6.45, 7) is 11.8. The molecule has 0 unspecified atom stereocenters. The van der Waals surface area contributed by atoms with Crippen molar-refractivity contribution in [2.75, 3.05) is 20.1 Å². The van der Waals surface area contributed by atoms with Crippen LogP contribution in [0, 0.1) is 0 Å². The van der Waals surface area contributed by atoms with Crippen LogP contribution < -0.4 is 10.6 Å². The molecule has 2 rings (SSSR count). The fraction of sp³-hybridized carbons (Fsp3) is 0.550. The van der Waals surface area contributed by atoms with Gasteiger partial charge in [0.15, 0.2) is 5.96 Å². The van der Waals surface area contributed by atoms with Crippen LogP contribution in [0.25, 0.3) is 10.9 Å². The average Bonchev–Trinajstić information content (AvgIpc) is 2.99. The molecule has 25 heavy (non-hydrogen) atoms. The second-order valence-electron chi connectivity index (χ2n) is 7.01. The quantitative estimate of drug-likeness (QED) is 0.391. The van der Waals surface area contributed by atoms with Crippen molar-refractivity contribution in [1.29, 1.82) is 0 Å². The Kier molecular flexibility index (Phi) is 7.31. The van der Waals surface area contributed by atoms with Crippen molar-refractivity contribution in [3.63, 3.8) is 0 Å². The van der Waals surface area contributed by atoms with E-state index in [1.54, 1.807) is 0 Å². The van der Waals surface area contributed by atoms with Crippen LogP contribution in [-0.4, -0.2) is 48.1 Å². The summed E-state index contributed by atoms with van der Waals surface area (Å²) in [5.41, 5.74) is 2.33. The standard InChI is InChI=1S/C20H33N5/c1-15(2)25(16(3)4)12-8-11-22-20(21-5)23-14-18-13-17-9-6-7-10-19(17)24-18/h6-7,9-10,13,15-16,24H,8,11-12,14H2,1-5H3,(H2,21,22,23). The highest BCUT2D eigenvalue weighted by molar-refractivity contribution is 5.81. The van der Waals surface area contributed by atoms with Gasteiger partial charge in [0.25, 0.3) is 0 Å². The maximum absolute atomic E-state index is 4.31. The van der Waals surface area contributed by atoms with E-state index in [1.807, 2.05) is 13.1 Å². The van der Waals surface area contributed by atoms with Crippen molar-refractivity contribution < 1.29 is 0 Å². The van der Waals surface area contributed by atoms with Crippen LogP contribution in [0.2, 0.25) is 0 Å². The Labute approximate surface area is 151 Å². The molecule has 0 radical (unpaired) electrons. The molecule has 2 aromatic rings. The Morgan fingerprint density at radius 2 is 1.84 bits per heavy atom. The normalized spacial score (nSPS) is 12.6. The zero-order chi connectivity index (χ0) is 18.2. The van der Waals surface area contributed by atoms with Crippen molar-refractivity contribution >= 4 is 16.9 Å². The first-order chi connectivity index (χ1) is 12.0. The number of H-pyrrole nitrogens is 1. The predicted octanol–water partition coefficient (Wildman–Crippen LogP) is 3.34.